The Morgan fingerprint density at radius 1 is 1.67 bits per heavy atom. The van der Waals surface area contributed by atoms with Gasteiger partial charge in [0.15, 0.2) is 0 Å². The van der Waals surface area contributed by atoms with Crippen LogP contribution >= 0.6 is 0 Å². The molecule has 0 saturated carbocycles. The highest BCUT2D eigenvalue weighted by molar-refractivity contribution is 5.20. The molecule has 0 aliphatic heterocycles. The molecule has 1 aliphatic rings. The molecule has 1 aliphatic carbocycles. The molecular formula is C6H6NO2. The number of rotatable bonds is 1. The molecule has 3 nitrogen and oxygen atoms in total. The van der Waals surface area contributed by atoms with Crippen LogP contribution in [0, 0.1) is 16.5 Å². The molecule has 0 bridgehead atoms. The van der Waals surface area contributed by atoms with Gasteiger partial charge in [0.25, 0.3) is 5.70 Å². The van der Waals surface area contributed by atoms with E-state index >= 15 is 0 Å². The van der Waals surface area contributed by atoms with E-state index in [4.69, 9.17) is 0 Å². The third kappa shape index (κ3) is 1.38. The molecule has 1 rings (SSSR count). The molecule has 0 aromatic rings. The molecule has 0 heterocycles. The number of nitro groups is 1. The van der Waals surface area contributed by atoms with Crippen molar-refractivity contribution in [3.8, 4) is 0 Å². The number of nitrogens with zero attached hydrogens (tertiary/aromatic N) is 1. The van der Waals surface area contributed by atoms with Gasteiger partial charge in [-0.25, -0.2) is 0 Å². The first-order chi connectivity index (χ1) is 4.30. The lowest BCUT2D eigenvalue weighted by Crippen LogP contribution is -1.97. The number of hydrogen-bond acceptors (Lipinski definition) is 2. The summed E-state index contributed by atoms with van der Waals surface area (Å²) in [6, 6.07) is 0. The van der Waals surface area contributed by atoms with Gasteiger partial charge in [-0.3, -0.25) is 10.1 Å². The Balaban J connectivity index is 2.69. The van der Waals surface area contributed by atoms with Crippen LogP contribution in [0.3, 0.4) is 0 Å². The molecule has 0 N–H and O–H groups in total. The van der Waals surface area contributed by atoms with Crippen LogP contribution in [0.2, 0.25) is 0 Å². The highest BCUT2D eigenvalue weighted by atomic mass is 16.6. The zero-order chi connectivity index (χ0) is 6.69. The van der Waals surface area contributed by atoms with E-state index in [2.05, 4.69) is 0 Å². The molecule has 0 amide bonds. The zero-order valence-electron chi connectivity index (χ0n) is 4.78. The smallest absolute Gasteiger partial charge is 0.258 e. The second kappa shape index (κ2) is 2.44. The molecule has 9 heavy (non-hydrogen) atoms. The van der Waals surface area contributed by atoms with Crippen LogP contribution in [0.25, 0.3) is 0 Å². The van der Waals surface area contributed by atoms with Gasteiger partial charge in [-0.15, -0.1) is 0 Å². The summed E-state index contributed by atoms with van der Waals surface area (Å²) in [6.45, 7) is 0. The van der Waals surface area contributed by atoms with E-state index < -0.39 is 4.92 Å². The van der Waals surface area contributed by atoms with Crippen LogP contribution in [0.4, 0.5) is 0 Å². The molecule has 0 atom stereocenters. The molecule has 0 aromatic carbocycles. The summed E-state index contributed by atoms with van der Waals surface area (Å²) in [5.41, 5.74) is 0.168. The van der Waals surface area contributed by atoms with Crippen molar-refractivity contribution in [1.29, 1.82) is 0 Å². The maximum absolute atomic E-state index is 10.0. The molecule has 47 valence electrons. The van der Waals surface area contributed by atoms with Gasteiger partial charge in [-0.1, -0.05) is 6.08 Å². The van der Waals surface area contributed by atoms with Gasteiger partial charge in [0.2, 0.25) is 0 Å². The Morgan fingerprint density at radius 3 is 2.78 bits per heavy atom. The van der Waals surface area contributed by atoms with E-state index in [-0.39, 0.29) is 5.70 Å². The van der Waals surface area contributed by atoms with Gasteiger partial charge in [0, 0.05) is 6.08 Å². The average Bonchev–Trinajstić information content (AvgIpc) is 1.90. The predicted octanol–water partition coefficient (Wildman–Crippen LogP) is 1.31. The molecular weight excluding hydrogens is 118 g/mol. The van der Waals surface area contributed by atoms with E-state index in [1.807, 2.05) is 0 Å². The van der Waals surface area contributed by atoms with Crippen molar-refractivity contribution >= 4 is 0 Å². The minimum atomic E-state index is -0.397. The summed E-state index contributed by atoms with van der Waals surface area (Å²) in [4.78, 5) is 9.62. The molecule has 3 heteroatoms. The Hall–Kier alpha value is -1.12. The van der Waals surface area contributed by atoms with E-state index in [0.717, 1.165) is 6.42 Å². The van der Waals surface area contributed by atoms with Gasteiger partial charge in [0.1, 0.15) is 0 Å². The molecule has 0 saturated heterocycles. The predicted molar refractivity (Wildman–Crippen MR) is 33.1 cm³/mol. The second-order valence-corrected chi connectivity index (χ2v) is 1.72. The quantitative estimate of drug-likeness (QED) is 0.390. The summed E-state index contributed by atoms with van der Waals surface area (Å²) in [6.07, 6.45) is 7.35. The molecule has 0 aromatic heterocycles. The van der Waals surface area contributed by atoms with Gasteiger partial charge in [0.05, 0.1) is 4.92 Å². The van der Waals surface area contributed by atoms with Crippen molar-refractivity contribution in [2.24, 2.45) is 0 Å². The van der Waals surface area contributed by atoms with Crippen LogP contribution in [0.15, 0.2) is 23.9 Å². The fraction of sp³-hybridized carbons (Fsp3) is 0.167. The average molecular weight is 124 g/mol. The normalized spacial score (nSPS) is 17.1. The first-order valence-corrected chi connectivity index (χ1v) is 2.65. The fourth-order valence-corrected chi connectivity index (χ4v) is 0.633. The van der Waals surface area contributed by atoms with Crippen LogP contribution in [-0.4, -0.2) is 4.92 Å². The van der Waals surface area contributed by atoms with Gasteiger partial charge < -0.3 is 0 Å². The highest BCUT2D eigenvalue weighted by Gasteiger charge is 2.06. The van der Waals surface area contributed by atoms with Crippen molar-refractivity contribution in [3.63, 3.8) is 0 Å². The second-order valence-electron chi connectivity index (χ2n) is 1.72. The number of hydrogen-bond donors (Lipinski definition) is 0. The lowest BCUT2D eigenvalue weighted by atomic mass is 10.2. The Labute approximate surface area is 52.8 Å². The summed E-state index contributed by atoms with van der Waals surface area (Å²) in [7, 11) is 0. The maximum atomic E-state index is 10.0. The topological polar surface area (TPSA) is 43.1 Å². The molecule has 0 spiro atoms. The monoisotopic (exact) mass is 124 g/mol. The van der Waals surface area contributed by atoms with Crippen molar-refractivity contribution in [1.82, 2.24) is 0 Å². The van der Waals surface area contributed by atoms with Gasteiger partial charge in [-0.2, -0.15) is 0 Å². The largest absolute Gasteiger partial charge is 0.265 e. The lowest BCUT2D eigenvalue weighted by molar-refractivity contribution is -0.419. The van der Waals surface area contributed by atoms with Crippen molar-refractivity contribution in [2.45, 2.75) is 6.42 Å². The molecule has 0 unspecified atom stereocenters. The highest BCUT2D eigenvalue weighted by Crippen LogP contribution is 2.07. The van der Waals surface area contributed by atoms with Crippen molar-refractivity contribution in [3.05, 3.63) is 40.5 Å². The summed E-state index contributed by atoms with van der Waals surface area (Å²) in [5.74, 6) is 0. The van der Waals surface area contributed by atoms with E-state index in [0.29, 0.717) is 0 Å². The van der Waals surface area contributed by atoms with E-state index in [1.165, 1.54) is 12.2 Å². The summed E-state index contributed by atoms with van der Waals surface area (Å²) >= 11 is 0. The minimum Gasteiger partial charge on any atom is -0.258 e. The van der Waals surface area contributed by atoms with Crippen LogP contribution in [0.5, 0.6) is 0 Å². The zero-order valence-corrected chi connectivity index (χ0v) is 4.78. The Bertz CT molecular complexity index is 181. The standard InChI is InChI=1S/C6H6NO2/c8-7(9)6-4-2-1-3-5-6/h2-5H,1H2. The third-order valence-corrected chi connectivity index (χ3v) is 1.06. The number of allylic oxidation sites excluding steroid dienone is 3. The van der Waals surface area contributed by atoms with Gasteiger partial charge in [-0.05, 0) is 18.9 Å². The summed E-state index contributed by atoms with van der Waals surface area (Å²) in [5, 5.41) is 10.0. The van der Waals surface area contributed by atoms with E-state index in [9.17, 15) is 10.1 Å². The Morgan fingerprint density at radius 2 is 2.44 bits per heavy atom. The Kier molecular flexibility index (Phi) is 1.63. The summed E-state index contributed by atoms with van der Waals surface area (Å²) < 4.78 is 0. The first kappa shape index (κ1) is 6.01. The van der Waals surface area contributed by atoms with Crippen LogP contribution in [0.1, 0.15) is 6.42 Å². The fourth-order valence-electron chi connectivity index (χ4n) is 0.633. The van der Waals surface area contributed by atoms with E-state index in [1.54, 1.807) is 12.5 Å². The van der Waals surface area contributed by atoms with Crippen LogP contribution < -0.4 is 0 Å². The molecule has 1 radical (unpaired) electrons. The van der Waals surface area contributed by atoms with Crippen molar-refractivity contribution in [2.75, 3.05) is 0 Å². The van der Waals surface area contributed by atoms with Crippen LogP contribution in [-0.2, 0) is 0 Å². The minimum absolute atomic E-state index is 0.168. The third-order valence-electron chi connectivity index (χ3n) is 1.06. The van der Waals surface area contributed by atoms with Crippen molar-refractivity contribution < 1.29 is 4.92 Å². The lowest BCUT2D eigenvalue weighted by Gasteiger charge is -1.95. The maximum Gasteiger partial charge on any atom is 0.265 e. The SMILES string of the molecule is O=[N+]([O-])C1=C[CH]CC=C1. The molecule has 0 fully saturated rings. The first-order valence-electron chi connectivity index (χ1n) is 2.65. The van der Waals surface area contributed by atoms with Gasteiger partial charge >= 0.3 is 0 Å².